The predicted molar refractivity (Wildman–Crippen MR) is 58.0 cm³/mol. The van der Waals surface area contributed by atoms with E-state index >= 15 is 0 Å². The lowest BCUT2D eigenvalue weighted by Gasteiger charge is -2.21. The van der Waals surface area contributed by atoms with E-state index in [4.69, 9.17) is 26.2 Å². The maximum absolute atomic E-state index is 10.5. The van der Waals surface area contributed by atoms with Crippen molar-refractivity contribution >= 4 is 17.6 Å². The molecule has 0 aromatic heterocycles. The molecule has 1 aromatic carbocycles. The van der Waals surface area contributed by atoms with Gasteiger partial charge in [0.05, 0.1) is 6.42 Å². The Morgan fingerprint density at radius 2 is 2.12 bits per heavy atom. The number of hydrogen-bond donors (Lipinski definition) is 1. The summed E-state index contributed by atoms with van der Waals surface area (Å²) in [5.74, 6) is -0.633. The Hall–Kier alpha value is -1.42. The highest BCUT2D eigenvalue weighted by Crippen LogP contribution is 2.42. The Labute approximate surface area is 97.7 Å². The second-order valence-electron chi connectivity index (χ2n) is 3.82. The van der Waals surface area contributed by atoms with Crippen molar-refractivity contribution in [3.05, 3.63) is 23.2 Å². The van der Waals surface area contributed by atoms with E-state index in [1.54, 1.807) is 25.1 Å². The van der Waals surface area contributed by atoms with Crippen molar-refractivity contribution in [3.63, 3.8) is 0 Å². The van der Waals surface area contributed by atoms with Crippen LogP contribution in [0.3, 0.4) is 0 Å². The van der Waals surface area contributed by atoms with Gasteiger partial charge in [0, 0.05) is 24.4 Å². The van der Waals surface area contributed by atoms with Crippen LogP contribution in [0.5, 0.6) is 11.5 Å². The third-order valence-electron chi connectivity index (χ3n) is 2.35. The van der Waals surface area contributed by atoms with E-state index < -0.39 is 11.8 Å². The number of benzene rings is 1. The SMILES string of the molecule is CC1(CCC(=O)O)Oc2ccc(Cl)cc2O1. The Morgan fingerprint density at radius 3 is 2.81 bits per heavy atom. The molecular weight excluding hydrogens is 232 g/mol. The molecule has 86 valence electrons. The van der Waals surface area contributed by atoms with Gasteiger partial charge in [0.2, 0.25) is 5.79 Å². The van der Waals surface area contributed by atoms with Crippen molar-refractivity contribution < 1.29 is 19.4 Å². The van der Waals surface area contributed by atoms with Crippen molar-refractivity contribution in [1.82, 2.24) is 0 Å². The molecule has 1 atom stereocenters. The fraction of sp³-hybridized carbons (Fsp3) is 0.364. The van der Waals surface area contributed by atoms with Gasteiger partial charge in [-0.3, -0.25) is 4.79 Å². The van der Waals surface area contributed by atoms with Gasteiger partial charge < -0.3 is 14.6 Å². The van der Waals surface area contributed by atoms with Crippen LogP contribution in [0.1, 0.15) is 19.8 Å². The Kier molecular flexibility index (Phi) is 2.68. The molecule has 0 spiro atoms. The second-order valence-corrected chi connectivity index (χ2v) is 4.26. The van der Waals surface area contributed by atoms with Crippen molar-refractivity contribution in [2.75, 3.05) is 0 Å². The molecule has 0 amide bonds. The molecule has 1 heterocycles. The molecule has 1 unspecified atom stereocenters. The van der Waals surface area contributed by atoms with Crippen molar-refractivity contribution in [2.45, 2.75) is 25.6 Å². The molecule has 5 heteroatoms. The van der Waals surface area contributed by atoms with Gasteiger partial charge in [-0.2, -0.15) is 0 Å². The molecule has 0 aliphatic carbocycles. The number of carboxylic acids is 1. The molecule has 0 saturated heterocycles. The molecule has 0 saturated carbocycles. The zero-order valence-corrected chi connectivity index (χ0v) is 9.45. The van der Waals surface area contributed by atoms with Gasteiger partial charge in [0.25, 0.3) is 0 Å². The minimum Gasteiger partial charge on any atom is -0.481 e. The highest BCUT2D eigenvalue weighted by Gasteiger charge is 2.37. The van der Waals surface area contributed by atoms with Gasteiger partial charge in [0.1, 0.15) is 0 Å². The van der Waals surface area contributed by atoms with Crippen molar-refractivity contribution in [1.29, 1.82) is 0 Å². The van der Waals surface area contributed by atoms with Gasteiger partial charge in [0.15, 0.2) is 11.5 Å². The standard InChI is InChI=1S/C11H11ClO4/c1-11(5-4-10(13)14)15-8-3-2-7(12)6-9(8)16-11/h2-3,6H,4-5H2,1H3,(H,13,14). The largest absolute Gasteiger partial charge is 0.481 e. The Balaban J connectivity index is 2.11. The summed E-state index contributed by atoms with van der Waals surface area (Å²) in [6.45, 7) is 1.71. The molecule has 0 radical (unpaired) electrons. The van der Waals surface area contributed by atoms with Crippen LogP contribution >= 0.6 is 11.6 Å². The molecule has 16 heavy (non-hydrogen) atoms. The normalized spacial score (nSPS) is 22.1. The van der Waals surface area contributed by atoms with Crippen LogP contribution in [0.15, 0.2) is 18.2 Å². The van der Waals surface area contributed by atoms with E-state index in [1.165, 1.54) is 0 Å². The smallest absolute Gasteiger partial charge is 0.303 e. The Bertz CT molecular complexity index is 432. The molecule has 4 nitrogen and oxygen atoms in total. The van der Waals surface area contributed by atoms with Crippen LogP contribution in [-0.4, -0.2) is 16.9 Å². The fourth-order valence-corrected chi connectivity index (χ4v) is 1.73. The highest BCUT2D eigenvalue weighted by atomic mass is 35.5. The molecular formula is C11H11ClO4. The molecule has 1 aromatic rings. The Morgan fingerprint density at radius 1 is 1.44 bits per heavy atom. The first-order valence-corrected chi connectivity index (χ1v) is 5.26. The topological polar surface area (TPSA) is 55.8 Å². The summed E-state index contributed by atoms with van der Waals surface area (Å²) in [4.78, 5) is 10.5. The van der Waals surface area contributed by atoms with Crippen LogP contribution in [0.25, 0.3) is 0 Å². The van der Waals surface area contributed by atoms with Crippen LogP contribution in [0.4, 0.5) is 0 Å². The fourth-order valence-electron chi connectivity index (χ4n) is 1.57. The zero-order chi connectivity index (χ0) is 11.8. The van der Waals surface area contributed by atoms with Crippen molar-refractivity contribution in [3.8, 4) is 11.5 Å². The number of aliphatic carboxylic acids is 1. The van der Waals surface area contributed by atoms with E-state index in [0.717, 1.165) is 0 Å². The minimum absolute atomic E-state index is 0.00177. The number of rotatable bonds is 3. The third-order valence-corrected chi connectivity index (χ3v) is 2.59. The number of fused-ring (bicyclic) bond motifs is 1. The first-order valence-electron chi connectivity index (χ1n) is 4.88. The van der Waals surface area contributed by atoms with Crippen molar-refractivity contribution in [2.24, 2.45) is 0 Å². The second kappa shape index (κ2) is 3.87. The van der Waals surface area contributed by atoms with Gasteiger partial charge in [-0.25, -0.2) is 0 Å². The summed E-state index contributed by atoms with van der Waals surface area (Å²) in [5.41, 5.74) is 0. The molecule has 2 rings (SSSR count). The van der Waals surface area contributed by atoms with Crippen LogP contribution in [0.2, 0.25) is 5.02 Å². The molecule has 1 aliphatic rings. The summed E-state index contributed by atoms with van der Waals surface area (Å²) in [6.07, 6.45) is 0.285. The molecule has 0 fully saturated rings. The average molecular weight is 243 g/mol. The van der Waals surface area contributed by atoms with E-state index in [-0.39, 0.29) is 12.8 Å². The van der Waals surface area contributed by atoms with E-state index in [0.29, 0.717) is 16.5 Å². The van der Waals surface area contributed by atoms with Gasteiger partial charge in [-0.15, -0.1) is 0 Å². The summed E-state index contributed by atoms with van der Waals surface area (Å²) in [7, 11) is 0. The summed E-state index contributed by atoms with van der Waals surface area (Å²) >= 11 is 5.81. The summed E-state index contributed by atoms with van der Waals surface area (Å²) in [6, 6.07) is 5.07. The van der Waals surface area contributed by atoms with Crippen LogP contribution in [0, 0.1) is 0 Å². The lowest BCUT2D eigenvalue weighted by molar-refractivity contribution is -0.140. The van der Waals surface area contributed by atoms with Crippen LogP contribution in [-0.2, 0) is 4.79 Å². The lowest BCUT2D eigenvalue weighted by Crippen LogP contribution is -2.35. The van der Waals surface area contributed by atoms with E-state index in [1.807, 2.05) is 0 Å². The van der Waals surface area contributed by atoms with E-state index in [2.05, 4.69) is 0 Å². The monoisotopic (exact) mass is 242 g/mol. The molecule has 1 N–H and O–H groups in total. The maximum atomic E-state index is 10.5. The first kappa shape index (κ1) is 11.1. The highest BCUT2D eigenvalue weighted by molar-refractivity contribution is 6.30. The average Bonchev–Trinajstić information content (AvgIpc) is 2.51. The minimum atomic E-state index is -0.911. The predicted octanol–water partition coefficient (Wildman–Crippen LogP) is 2.69. The molecule has 1 aliphatic heterocycles. The number of carbonyl (C=O) groups is 1. The number of halogens is 1. The van der Waals surface area contributed by atoms with Crippen LogP contribution < -0.4 is 9.47 Å². The zero-order valence-electron chi connectivity index (χ0n) is 8.70. The van der Waals surface area contributed by atoms with Gasteiger partial charge in [-0.05, 0) is 12.1 Å². The number of carboxylic acid groups (broad SMARTS) is 1. The summed E-state index contributed by atoms with van der Waals surface area (Å²) < 4.78 is 11.1. The van der Waals surface area contributed by atoms with Gasteiger partial charge >= 0.3 is 5.97 Å². The number of hydrogen-bond acceptors (Lipinski definition) is 3. The quantitative estimate of drug-likeness (QED) is 0.885. The maximum Gasteiger partial charge on any atom is 0.303 e. The molecule has 0 bridgehead atoms. The number of ether oxygens (including phenoxy) is 2. The van der Waals surface area contributed by atoms with E-state index in [9.17, 15) is 4.79 Å². The third kappa shape index (κ3) is 2.22. The summed E-state index contributed by atoms with van der Waals surface area (Å²) in [5, 5.41) is 9.18. The lowest BCUT2D eigenvalue weighted by atomic mass is 10.2. The van der Waals surface area contributed by atoms with Gasteiger partial charge in [-0.1, -0.05) is 11.6 Å². The first-order chi connectivity index (χ1) is 7.48.